The predicted molar refractivity (Wildman–Crippen MR) is 179 cm³/mol. The molecule has 0 bridgehead atoms. The van der Waals surface area contributed by atoms with E-state index >= 15 is 0 Å². The maximum absolute atomic E-state index is 13.8. The van der Waals surface area contributed by atoms with Crippen LogP contribution >= 0.6 is 23.4 Å². The first-order valence-electron chi connectivity index (χ1n) is 16.9. The van der Waals surface area contributed by atoms with E-state index in [-0.39, 0.29) is 71.1 Å². The topological polar surface area (TPSA) is 123 Å². The van der Waals surface area contributed by atoms with Gasteiger partial charge in [0.05, 0.1) is 37.1 Å². The minimum absolute atomic E-state index is 0.0335. The number of hydrogen-bond acceptors (Lipinski definition) is 9. The number of aryl methyl sites for hydroxylation is 2. The number of carbonyl (C=O) groups excluding carboxylic acids is 1. The van der Waals surface area contributed by atoms with Crippen LogP contribution in [0.5, 0.6) is 0 Å². The molecule has 1 amide bonds. The van der Waals surface area contributed by atoms with Crippen LogP contribution in [0, 0.1) is 24.7 Å². The summed E-state index contributed by atoms with van der Waals surface area (Å²) in [6, 6.07) is -0.105. The van der Waals surface area contributed by atoms with Gasteiger partial charge in [-0.05, 0) is 77.7 Å². The van der Waals surface area contributed by atoms with Crippen molar-refractivity contribution in [1.29, 1.82) is 0 Å². The van der Waals surface area contributed by atoms with Crippen LogP contribution in [0.1, 0.15) is 69.0 Å². The molecule has 264 valence electrons. The summed E-state index contributed by atoms with van der Waals surface area (Å²) in [5.41, 5.74) is 1.44. The average Bonchev–Trinajstić information content (AvgIpc) is 3.40. The highest BCUT2D eigenvalue weighted by molar-refractivity contribution is 8.00. The highest BCUT2D eigenvalue weighted by Gasteiger charge is 2.52. The van der Waals surface area contributed by atoms with Gasteiger partial charge >= 0.3 is 0 Å². The fraction of sp³-hybridized carbons (Fsp3) is 0.844. The lowest BCUT2D eigenvalue weighted by molar-refractivity contribution is -0.127. The number of ether oxygens (including phenoxy) is 1. The van der Waals surface area contributed by atoms with Crippen LogP contribution in [-0.4, -0.2) is 101 Å². The van der Waals surface area contributed by atoms with Gasteiger partial charge in [-0.3, -0.25) is 23.8 Å². The molecule has 2 aliphatic heterocycles. The molecule has 8 unspecified atom stereocenters. The van der Waals surface area contributed by atoms with E-state index in [0.29, 0.717) is 43.1 Å². The number of nitrogens with zero attached hydrogens (tertiary/aromatic N) is 3. The Morgan fingerprint density at radius 3 is 2.66 bits per heavy atom. The highest BCUT2D eigenvalue weighted by atomic mass is 35.5. The van der Waals surface area contributed by atoms with Crippen molar-refractivity contribution in [2.45, 2.75) is 125 Å². The molecular weight excluding hydrogens is 672 g/mol. The van der Waals surface area contributed by atoms with Gasteiger partial charge in [-0.1, -0.05) is 0 Å². The zero-order valence-corrected chi connectivity index (χ0v) is 30.0. The second-order valence-electron chi connectivity index (χ2n) is 14.6. The highest BCUT2D eigenvalue weighted by Crippen LogP contribution is 2.48. The first-order valence-corrected chi connectivity index (χ1v) is 20.3. The fourth-order valence-corrected chi connectivity index (χ4v) is 11.5. The van der Waals surface area contributed by atoms with Crippen molar-refractivity contribution in [2.75, 3.05) is 25.7 Å². The van der Waals surface area contributed by atoms with Crippen LogP contribution in [-0.2, 0) is 38.9 Å². The number of carbonyl (C=O) groups is 1. The summed E-state index contributed by atoms with van der Waals surface area (Å²) in [4.78, 5) is 33.5. The molecule has 2 saturated carbocycles. The molecule has 15 heteroatoms. The molecule has 2 N–H and O–H groups in total. The summed E-state index contributed by atoms with van der Waals surface area (Å²) in [7, 11) is -1.75. The van der Waals surface area contributed by atoms with Crippen molar-refractivity contribution in [3.63, 3.8) is 0 Å². The number of sulfonamides is 1. The van der Waals surface area contributed by atoms with E-state index in [0.717, 1.165) is 44.1 Å². The number of hydrogen-bond donors (Lipinski definition) is 2. The van der Waals surface area contributed by atoms with Crippen LogP contribution < -0.4 is 15.6 Å². The molecule has 10 nitrogen and oxygen atoms in total. The first-order chi connectivity index (χ1) is 22.1. The zero-order valence-electron chi connectivity index (χ0n) is 27.6. The summed E-state index contributed by atoms with van der Waals surface area (Å²) in [6.45, 7) is 4.67. The number of halogens is 3. The number of likely N-dealkylation sites (N-methyl/N-ethyl adjacent to an activating group) is 1. The lowest BCUT2D eigenvalue weighted by atomic mass is 9.70. The van der Waals surface area contributed by atoms with E-state index in [9.17, 15) is 26.8 Å². The minimum Gasteiger partial charge on any atom is -0.376 e. The van der Waals surface area contributed by atoms with Crippen LogP contribution in [0.3, 0.4) is 0 Å². The minimum atomic E-state index is -3.65. The second-order valence-corrected chi connectivity index (χ2v) is 18.2. The third kappa shape index (κ3) is 7.72. The normalized spacial score (nSPS) is 35.6. The summed E-state index contributed by atoms with van der Waals surface area (Å²) in [5, 5.41) is 3.75. The number of aromatic nitrogens is 2. The SMILES string of the molecule is Cc1nc2c(c(=O)n1CCOC1CCC(Cl)CC1C1CC(C)NC3C(C(=O)NS(C)(=O)=O)CSC13)C[C@@H](N(C)C1CC(F)(F)C1)CC2. The number of amides is 1. The smallest absolute Gasteiger partial charge is 0.257 e. The molecule has 6 rings (SSSR count). The molecule has 1 aromatic rings. The number of fused-ring (bicyclic) bond motifs is 2. The lowest BCUT2D eigenvalue weighted by Gasteiger charge is -2.47. The van der Waals surface area contributed by atoms with Crippen LogP contribution in [0.15, 0.2) is 4.79 Å². The van der Waals surface area contributed by atoms with Gasteiger partial charge in [0, 0.05) is 59.0 Å². The van der Waals surface area contributed by atoms with E-state index in [2.05, 4.69) is 17.0 Å². The van der Waals surface area contributed by atoms with Crippen molar-refractivity contribution >= 4 is 39.3 Å². The third-order valence-corrected chi connectivity index (χ3v) is 13.8. The second kappa shape index (κ2) is 13.8. The number of thioether (sulfide) groups is 1. The van der Waals surface area contributed by atoms with E-state index in [1.54, 1.807) is 16.3 Å². The van der Waals surface area contributed by atoms with Gasteiger partial charge in [0.15, 0.2) is 0 Å². The van der Waals surface area contributed by atoms with Gasteiger partial charge in [0.25, 0.3) is 11.5 Å². The van der Waals surface area contributed by atoms with Gasteiger partial charge in [-0.2, -0.15) is 11.8 Å². The quantitative estimate of drug-likeness (QED) is 0.371. The number of rotatable bonds is 9. The van der Waals surface area contributed by atoms with Crippen molar-refractivity contribution in [2.24, 2.45) is 17.8 Å². The molecule has 47 heavy (non-hydrogen) atoms. The average molecular weight is 720 g/mol. The van der Waals surface area contributed by atoms with Crippen molar-refractivity contribution in [3.8, 4) is 0 Å². The van der Waals surface area contributed by atoms with Crippen LogP contribution in [0.25, 0.3) is 0 Å². The Kier molecular flexibility index (Phi) is 10.4. The van der Waals surface area contributed by atoms with Gasteiger partial charge < -0.3 is 10.1 Å². The van der Waals surface area contributed by atoms with Gasteiger partial charge in [-0.15, -0.1) is 11.6 Å². The van der Waals surface area contributed by atoms with E-state index in [4.69, 9.17) is 21.3 Å². The largest absolute Gasteiger partial charge is 0.376 e. The van der Waals surface area contributed by atoms with E-state index in [1.807, 2.05) is 18.9 Å². The Morgan fingerprint density at radius 2 is 1.96 bits per heavy atom. The van der Waals surface area contributed by atoms with Gasteiger partial charge in [0.2, 0.25) is 15.9 Å². The molecule has 5 aliphatic rings. The molecule has 9 atom stereocenters. The number of piperidine rings is 1. The van der Waals surface area contributed by atoms with Gasteiger partial charge in [-0.25, -0.2) is 22.2 Å². The lowest BCUT2D eigenvalue weighted by Crippen LogP contribution is -2.58. The maximum Gasteiger partial charge on any atom is 0.257 e. The summed E-state index contributed by atoms with van der Waals surface area (Å²) in [6.07, 6.45) is 6.04. The summed E-state index contributed by atoms with van der Waals surface area (Å²) < 4.78 is 61.1. The summed E-state index contributed by atoms with van der Waals surface area (Å²) in [5.74, 6) is -1.87. The zero-order chi connectivity index (χ0) is 33.8. The Bertz CT molecular complexity index is 1510. The number of nitrogens with one attached hydrogen (secondary N) is 2. The molecule has 0 radical (unpaired) electrons. The monoisotopic (exact) mass is 719 g/mol. The Labute approximate surface area is 285 Å². The maximum atomic E-state index is 13.8. The molecule has 4 fully saturated rings. The Balaban J connectivity index is 1.12. The predicted octanol–water partition coefficient (Wildman–Crippen LogP) is 3.11. The molecule has 0 aromatic carbocycles. The van der Waals surface area contributed by atoms with Crippen molar-refractivity contribution in [1.82, 2.24) is 24.5 Å². The third-order valence-electron chi connectivity index (χ3n) is 11.3. The Morgan fingerprint density at radius 1 is 1.21 bits per heavy atom. The van der Waals surface area contributed by atoms with Crippen LogP contribution in [0.4, 0.5) is 8.78 Å². The first kappa shape index (κ1) is 35.5. The van der Waals surface area contributed by atoms with E-state index in [1.165, 1.54) is 0 Å². The van der Waals surface area contributed by atoms with Crippen LogP contribution in [0.2, 0.25) is 0 Å². The van der Waals surface area contributed by atoms with Crippen molar-refractivity contribution in [3.05, 3.63) is 27.4 Å². The molecular formula is C32H48ClF2N5O5S2. The fourth-order valence-electron chi connectivity index (χ4n) is 8.82. The van der Waals surface area contributed by atoms with E-state index < -0.39 is 27.8 Å². The Hall–Kier alpha value is -1.32. The number of alkyl halides is 3. The molecule has 0 spiro atoms. The molecule has 2 saturated heterocycles. The van der Waals surface area contributed by atoms with Gasteiger partial charge in [0.1, 0.15) is 5.82 Å². The summed E-state index contributed by atoms with van der Waals surface area (Å²) >= 11 is 8.47. The standard InChI is InChI=1S/C32H48ClF2N5O5S2/c1-17-11-23(29-28(36-17)25(16-46-29)30(41)38-47(4,43)44)22-12-19(33)5-8-27(22)45-10-9-40-18(2)37-26-7-6-20(13-24(26)31(40)42)39(3)21-14-32(34,35)15-21/h17,19-23,25,27-29,36H,5-16H2,1-4H3,(H,38,41)/t17?,19?,20-,22?,23?,25?,27?,28?,29?/m0/s1. The van der Waals surface area contributed by atoms with Crippen molar-refractivity contribution < 1.29 is 26.7 Å². The molecule has 3 heterocycles. The molecule has 3 aliphatic carbocycles. The molecule has 1 aromatic heterocycles.